The molecule has 5 nitrogen and oxygen atoms in total. The number of hydrogen-bond donors (Lipinski definition) is 1. The van der Waals surface area contributed by atoms with Crippen molar-refractivity contribution >= 4 is 17.6 Å². The van der Waals surface area contributed by atoms with E-state index in [-0.39, 0.29) is 17.6 Å². The molecule has 0 saturated carbocycles. The molecule has 2 aromatic carbocycles. The standard InChI is InChI=1S/C21H23FN2O3/c1-27-21(26)16-6-3-9-19(12-16)23-20(25)17-7-4-10-24(14-17)13-15-5-2-8-18(22)11-15/h2-3,5-6,8-9,11-12,17H,4,7,10,13-14H2,1H3,(H,23,25). The van der Waals surface area contributed by atoms with E-state index >= 15 is 0 Å². The number of piperidine rings is 1. The summed E-state index contributed by atoms with van der Waals surface area (Å²) < 4.78 is 18.1. The van der Waals surface area contributed by atoms with Crippen molar-refractivity contribution in [2.45, 2.75) is 19.4 Å². The highest BCUT2D eigenvalue weighted by Crippen LogP contribution is 2.21. The number of hydrogen-bond acceptors (Lipinski definition) is 4. The summed E-state index contributed by atoms with van der Waals surface area (Å²) in [6, 6.07) is 13.3. The van der Waals surface area contributed by atoms with Gasteiger partial charge in [-0.05, 0) is 55.3 Å². The fourth-order valence-corrected chi connectivity index (χ4v) is 3.39. The van der Waals surface area contributed by atoms with E-state index in [1.54, 1.807) is 30.3 Å². The lowest BCUT2D eigenvalue weighted by atomic mass is 9.96. The van der Waals surface area contributed by atoms with E-state index < -0.39 is 5.97 Å². The third-order valence-electron chi connectivity index (χ3n) is 4.72. The van der Waals surface area contributed by atoms with Crippen LogP contribution in [-0.2, 0) is 16.1 Å². The van der Waals surface area contributed by atoms with Crippen molar-refractivity contribution < 1.29 is 18.7 Å². The van der Waals surface area contributed by atoms with E-state index in [1.165, 1.54) is 19.2 Å². The van der Waals surface area contributed by atoms with Crippen molar-refractivity contribution in [3.05, 3.63) is 65.5 Å². The van der Waals surface area contributed by atoms with Gasteiger partial charge in [0.2, 0.25) is 5.91 Å². The number of carbonyl (C=O) groups excluding carboxylic acids is 2. The number of benzene rings is 2. The molecule has 3 rings (SSSR count). The molecular formula is C21H23FN2O3. The van der Waals surface area contributed by atoms with Crippen LogP contribution in [-0.4, -0.2) is 37.0 Å². The van der Waals surface area contributed by atoms with Gasteiger partial charge < -0.3 is 10.1 Å². The Bertz CT molecular complexity index is 825. The summed E-state index contributed by atoms with van der Waals surface area (Å²) in [6.07, 6.45) is 1.72. The van der Waals surface area contributed by atoms with E-state index in [0.717, 1.165) is 24.9 Å². The minimum absolute atomic E-state index is 0.0686. The lowest BCUT2D eigenvalue weighted by molar-refractivity contribution is -0.121. The molecular weight excluding hydrogens is 347 g/mol. The van der Waals surface area contributed by atoms with Crippen LogP contribution >= 0.6 is 0 Å². The number of nitrogens with zero attached hydrogens (tertiary/aromatic N) is 1. The maximum absolute atomic E-state index is 13.4. The van der Waals surface area contributed by atoms with Gasteiger partial charge in [-0.1, -0.05) is 18.2 Å². The number of likely N-dealkylation sites (tertiary alicyclic amines) is 1. The maximum Gasteiger partial charge on any atom is 0.337 e. The largest absolute Gasteiger partial charge is 0.465 e. The molecule has 1 amide bonds. The molecule has 1 aliphatic rings. The zero-order chi connectivity index (χ0) is 19.2. The molecule has 1 fully saturated rings. The van der Waals surface area contributed by atoms with Gasteiger partial charge in [-0.25, -0.2) is 9.18 Å². The normalized spacial score (nSPS) is 17.3. The molecule has 0 spiro atoms. The van der Waals surface area contributed by atoms with Crippen molar-refractivity contribution in [2.75, 3.05) is 25.5 Å². The number of nitrogens with one attached hydrogen (secondary N) is 1. The molecule has 0 bridgehead atoms. The molecule has 0 aromatic heterocycles. The molecule has 2 aromatic rings. The molecule has 27 heavy (non-hydrogen) atoms. The Morgan fingerprint density at radius 1 is 1.22 bits per heavy atom. The third kappa shape index (κ3) is 5.14. The second kappa shape index (κ2) is 8.77. The molecule has 1 atom stereocenters. The monoisotopic (exact) mass is 370 g/mol. The lowest BCUT2D eigenvalue weighted by Gasteiger charge is -2.32. The molecule has 1 N–H and O–H groups in total. The molecule has 0 aliphatic carbocycles. The fraction of sp³-hybridized carbons (Fsp3) is 0.333. The van der Waals surface area contributed by atoms with E-state index in [1.807, 2.05) is 6.07 Å². The summed E-state index contributed by atoms with van der Waals surface area (Å²) in [4.78, 5) is 26.5. The van der Waals surface area contributed by atoms with Crippen molar-refractivity contribution in [2.24, 2.45) is 5.92 Å². The Hall–Kier alpha value is -2.73. The number of anilines is 1. The molecule has 6 heteroatoms. The van der Waals surface area contributed by atoms with Crippen LogP contribution in [0.5, 0.6) is 0 Å². The van der Waals surface area contributed by atoms with E-state index in [9.17, 15) is 14.0 Å². The van der Waals surface area contributed by atoms with Crippen LogP contribution in [0.4, 0.5) is 10.1 Å². The van der Waals surface area contributed by atoms with Gasteiger partial charge in [0.05, 0.1) is 18.6 Å². The number of esters is 1. The molecule has 0 radical (unpaired) electrons. The van der Waals surface area contributed by atoms with Crippen LogP contribution in [0.25, 0.3) is 0 Å². The topological polar surface area (TPSA) is 58.6 Å². The van der Waals surface area contributed by atoms with E-state index in [4.69, 9.17) is 4.74 Å². The van der Waals surface area contributed by atoms with Gasteiger partial charge in [0, 0.05) is 18.8 Å². The van der Waals surface area contributed by atoms with Crippen LogP contribution in [0.3, 0.4) is 0 Å². The highest BCUT2D eigenvalue weighted by Gasteiger charge is 2.26. The smallest absolute Gasteiger partial charge is 0.337 e. The summed E-state index contributed by atoms with van der Waals surface area (Å²) in [5, 5.41) is 2.89. The number of ether oxygens (including phenoxy) is 1. The van der Waals surface area contributed by atoms with Gasteiger partial charge in [-0.3, -0.25) is 9.69 Å². The fourth-order valence-electron chi connectivity index (χ4n) is 3.39. The van der Waals surface area contributed by atoms with Gasteiger partial charge >= 0.3 is 5.97 Å². The van der Waals surface area contributed by atoms with Crippen molar-refractivity contribution in [1.82, 2.24) is 4.90 Å². The second-order valence-electron chi connectivity index (χ2n) is 6.77. The molecule has 142 valence electrons. The van der Waals surface area contributed by atoms with Gasteiger partial charge in [0.1, 0.15) is 5.82 Å². The summed E-state index contributed by atoms with van der Waals surface area (Å²) in [5.41, 5.74) is 1.87. The first-order chi connectivity index (χ1) is 13.0. The Labute approximate surface area is 158 Å². The Balaban J connectivity index is 1.60. The Morgan fingerprint density at radius 2 is 2.04 bits per heavy atom. The highest BCUT2D eigenvalue weighted by atomic mass is 19.1. The van der Waals surface area contributed by atoms with Crippen LogP contribution in [0.15, 0.2) is 48.5 Å². The number of amides is 1. The number of rotatable bonds is 5. The summed E-state index contributed by atoms with van der Waals surface area (Å²) in [7, 11) is 1.32. The van der Waals surface area contributed by atoms with Gasteiger partial charge in [0.15, 0.2) is 0 Å². The Kier molecular flexibility index (Phi) is 6.19. The maximum atomic E-state index is 13.4. The zero-order valence-electron chi connectivity index (χ0n) is 15.3. The molecule has 1 saturated heterocycles. The van der Waals surface area contributed by atoms with Crippen LogP contribution in [0.1, 0.15) is 28.8 Å². The zero-order valence-corrected chi connectivity index (χ0v) is 15.3. The number of methoxy groups -OCH3 is 1. The van der Waals surface area contributed by atoms with Crippen molar-refractivity contribution in [3.8, 4) is 0 Å². The van der Waals surface area contributed by atoms with Gasteiger partial charge in [-0.15, -0.1) is 0 Å². The molecule has 1 aliphatic heterocycles. The average Bonchev–Trinajstić information content (AvgIpc) is 2.68. The minimum Gasteiger partial charge on any atom is -0.465 e. The van der Waals surface area contributed by atoms with Gasteiger partial charge in [0.25, 0.3) is 0 Å². The van der Waals surface area contributed by atoms with Crippen molar-refractivity contribution in [1.29, 1.82) is 0 Å². The Morgan fingerprint density at radius 3 is 2.81 bits per heavy atom. The molecule has 1 heterocycles. The lowest BCUT2D eigenvalue weighted by Crippen LogP contribution is -2.40. The van der Waals surface area contributed by atoms with Crippen LogP contribution < -0.4 is 5.32 Å². The summed E-state index contributed by atoms with van der Waals surface area (Å²) >= 11 is 0. The minimum atomic E-state index is -0.440. The summed E-state index contributed by atoms with van der Waals surface area (Å²) in [5.74, 6) is -0.899. The van der Waals surface area contributed by atoms with E-state index in [0.29, 0.717) is 24.3 Å². The first-order valence-corrected chi connectivity index (χ1v) is 9.01. The highest BCUT2D eigenvalue weighted by molar-refractivity contribution is 5.95. The quantitative estimate of drug-likeness (QED) is 0.819. The number of halogens is 1. The average molecular weight is 370 g/mol. The molecule has 1 unspecified atom stereocenters. The van der Waals surface area contributed by atoms with Crippen LogP contribution in [0, 0.1) is 11.7 Å². The first kappa shape index (κ1) is 19.0. The predicted octanol–water partition coefficient (Wildman–Crippen LogP) is 3.46. The van der Waals surface area contributed by atoms with Crippen LogP contribution in [0.2, 0.25) is 0 Å². The first-order valence-electron chi connectivity index (χ1n) is 9.01. The predicted molar refractivity (Wildman–Crippen MR) is 101 cm³/mol. The summed E-state index contributed by atoms with van der Waals surface area (Å²) in [6.45, 7) is 2.14. The second-order valence-corrected chi connectivity index (χ2v) is 6.77. The third-order valence-corrected chi connectivity index (χ3v) is 4.72. The van der Waals surface area contributed by atoms with Gasteiger partial charge in [-0.2, -0.15) is 0 Å². The SMILES string of the molecule is COC(=O)c1cccc(NC(=O)C2CCCN(Cc3cccc(F)c3)C2)c1. The van der Waals surface area contributed by atoms with Crippen molar-refractivity contribution in [3.63, 3.8) is 0 Å². The van der Waals surface area contributed by atoms with E-state index in [2.05, 4.69) is 10.2 Å². The number of carbonyl (C=O) groups is 2.